The average molecular weight is 222 g/mol. The molecule has 15 heavy (non-hydrogen) atoms. The molecule has 0 unspecified atom stereocenters. The summed E-state index contributed by atoms with van der Waals surface area (Å²) in [6.07, 6.45) is 1.76. The van der Waals surface area contributed by atoms with Crippen molar-refractivity contribution in [1.29, 1.82) is 0 Å². The van der Waals surface area contributed by atoms with Crippen LogP contribution in [-0.2, 0) is 6.42 Å². The Labute approximate surface area is 92.4 Å². The molecule has 0 radical (unpaired) electrons. The first-order valence-electron chi connectivity index (χ1n) is 5.23. The zero-order chi connectivity index (χ0) is 11.5. The summed E-state index contributed by atoms with van der Waals surface area (Å²) in [5.41, 5.74) is 1.82. The molecule has 82 valence electrons. The van der Waals surface area contributed by atoms with Crippen molar-refractivity contribution < 1.29 is 9.22 Å². The van der Waals surface area contributed by atoms with Crippen LogP contribution in [0.15, 0.2) is 18.2 Å². The second-order valence-electron chi connectivity index (χ2n) is 4.55. The molecule has 1 rings (SSSR count). The Hall–Kier alpha value is -1.09. The standard InChI is InChI=1S/C12H18O2Si/c1-5-10-8-12(14-15(2,3)4)7-6-11(10)9-13/h6-9H,5H2,1-4H3. The Morgan fingerprint density at radius 3 is 2.47 bits per heavy atom. The molecule has 0 fully saturated rings. The molecule has 0 atom stereocenters. The fourth-order valence-corrected chi connectivity index (χ4v) is 2.25. The van der Waals surface area contributed by atoms with E-state index in [1.807, 2.05) is 25.1 Å². The van der Waals surface area contributed by atoms with E-state index < -0.39 is 8.32 Å². The van der Waals surface area contributed by atoms with Crippen molar-refractivity contribution in [2.45, 2.75) is 33.0 Å². The van der Waals surface area contributed by atoms with Crippen LogP contribution in [0.5, 0.6) is 5.75 Å². The molecule has 0 amide bonds. The third kappa shape index (κ3) is 3.51. The third-order valence-electron chi connectivity index (χ3n) is 2.05. The van der Waals surface area contributed by atoms with Crippen LogP contribution in [0, 0.1) is 0 Å². The van der Waals surface area contributed by atoms with Crippen LogP contribution in [0.2, 0.25) is 19.6 Å². The second kappa shape index (κ2) is 4.62. The minimum Gasteiger partial charge on any atom is -0.544 e. The average Bonchev–Trinajstić information content (AvgIpc) is 2.15. The quantitative estimate of drug-likeness (QED) is 0.577. The van der Waals surface area contributed by atoms with Gasteiger partial charge in [0.25, 0.3) is 0 Å². The van der Waals surface area contributed by atoms with Crippen molar-refractivity contribution >= 4 is 14.6 Å². The van der Waals surface area contributed by atoms with Gasteiger partial charge in [-0.1, -0.05) is 6.92 Å². The second-order valence-corrected chi connectivity index (χ2v) is 8.98. The summed E-state index contributed by atoms with van der Waals surface area (Å²) >= 11 is 0. The lowest BCUT2D eigenvalue weighted by Gasteiger charge is -2.19. The van der Waals surface area contributed by atoms with Crippen molar-refractivity contribution in [1.82, 2.24) is 0 Å². The van der Waals surface area contributed by atoms with Crippen LogP contribution < -0.4 is 4.43 Å². The number of aldehydes is 1. The first-order chi connectivity index (χ1) is 6.96. The maximum atomic E-state index is 10.8. The van der Waals surface area contributed by atoms with Crippen molar-refractivity contribution in [3.05, 3.63) is 29.3 Å². The highest BCUT2D eigenvalue weighted by Crippen LogP contribution is 2.20. The Kier molecular flexibility index (Phi) is 3.69. The number of rotatable bonds is 4. The Morgan fingerprint density at radius 1 is 1.33 bits per heavy atom. The summed E-state index contributed by atoms with van der Waals surface area (Å²) in [7, 11) is -1.55. The molecular weight excluding hydrogens is 204 g/mol. The van der Waals surface area contributed by atoms with Crippen molar-refractivity contribution in [2.75, 3.05) is 0 Å². The number of benzene rings is 1. The predicted octanol–water partition coefficient (Wildman–Crippen LogP) is 3.28. The summed E-state index contributed by atoms with van der Waals surface area (Å²) in [5, 5.41) is 0. The molecule has 2 nitrogen and oxygen atoms in total. The first kappa shape index (κ1) is 12.0. The normalized spacial score (nSPS) is 11.2. The van der Waals surface area contributed by atoms with Gasteiger partial charge in [-0.3, -0.25) is 4.79 Å². The van der Waals surface area contributed by atoms with Crippen molar-refractivity contribution in [3.63, 3.8) is 0 Å². The van der Waals surface area contributed by atoms with Crippen LogP contribution in [0.25, 0.3) is 0 Å². The van der Waals surface area contributed by atoms with E-state index in [0.717, 1.165) is 29.6 Å². The van der Waals surface area contributed by atoms with E-state index in [9.17, 15) is 4.79 Å². The zero-order valence-corrected chi connectivity index (χ0v) is 10.8. The lowest BCUT2D eigenvalue weighted by atomic mass is 10.1. The van der Waals surface area contributed by atoms with Gasteiger partial charge < -0.3 is 4.43 Å². The van der Waals surface area contributed by atoms with Crippen LogP contribution in [0.1, 0.15) is 22.8 Å². The highest BCUT2D eigenvalue weighted by molar-refractivity contribution is 6.70. The van der Waals surface area contributed by atoms with Gasteiger partial charge in [-0.05, 0) is 49.8 Å². The summed E-state index contributed by atoms with van der Waals surface area (Å²) in [4.78, 5) is 10.8. The molecule has 0 aliphatic carbocycles. The van der Waals surface area contributed by atoms with Gasteiger partial charge >= 0.3 is 0 Å². The molecule has 0 bridgehead atoms. The number of hydrogen-bond donors (Lipinski definition) is 0. The molecule has 1 aromatic rings. The highest BCUT2D eigenvalue weighted by Gasteiger charge is 2.16. The van der Waals surface area contributed by atoms with Gasteiger partial charge in [-0.15, -0.1) is 0 Å². The minimum absolute atomic E-state index is 0.764. The SMILES string of the molecule is CCc1cc(O[Si](C)(C)C)ccc1C=O. The number of aryl methyl sites for hydroxylation is 1. The molecule has 0 aliphatic heterocycles. The summed E-state index contributed by atoms with van der Waals surface area (Å²) in [5.74, 6) is 0.886. The molecule has 0 heterocycles. The van der Waals surface area contributed by atoms with Crippen LogP contribution in [0.3, 0.4) is 0 Å². The van der Waals surface area contributed by atoms with Gasteiger partial charge in [-0.2, -0.15) is 0 Å². The number of carbonyl (C=O) groups excluding carboxylic acids is 1. The largest absolute Gasteiger partial charge is 0.544 e. The van der Waals surface area contributed by atoms with Gasteiger partial charge in [0.05, 0.1) is 0 Å². The molecular formula is C12H18O2Si. The van der Waals surface area contributed by atoms with Crippen LogP contribution >= 0.6 is 0 Å². The Balaban J connectivity index is 2.98. The molecule has 0 aromatic heterocycles. The maximum absolute atomic E-state index is 10.8. The van der Waals surface area contributed by atoms with E-state index in [-0.39, 0.29) is 0 Å². The van der Waals surface area contributed by atoms with E-state index in [4.69, 9.17) is 4.43 Å². The first-order valence-corrected chi connectivity index (χ1v) is 8.64. The Bertz CT molecular complexity index is 353. The molecule has 0 spiro atoms. The monoisotopic (exact) mass is 222 g/mol. The molecule has 0 N–H and O–H groups in total. The summed E-state index contributed by atoms with van der Waals surface area (Å²) in [6.45, 7) is 8.48. The van der Waals surface area contributed by atoms with E-state index in [1.165, 1.54) is 0 Å². The van der Waals surface area contributed by atoms with Gasteiger partial charge in [0.2, 0.25) is 8.32 Å². The number of hydrogen-bond acceptors (Lipinski definition) is 2. The van der Waals surface area contributed by atoms with E-state index in [0.29, 0.717) is 0 Å². The predicted molar refractivity (Wildman–Crippen MR) is 65.2 cm³/mol. The third-order valence-corrected chi connectivity index (χ3v) is 2.89. The number of carbonyl (C=O) groups is 1. The minimum atomic E-state index is -1.55. The molecule has 0 saturated carbocycles. The van der Waals surface area contributed by atoms with Crippen molar-refractivity contribution in [2.24, 2.45) is 0 Å². The highest BCUT2D eigenvalue weighted by atomic mass is 28.4. The topological polar surface area (TPSA) is 26.3 Å². The van der Waals surface area contributed by atoms with E-state index in [2.05, 4.69) is 19.6 Å². The van der Waals surface area contributed by atoms with Crippen LogP contribution in [-0.4, -0.2) is 14.6 Å². The maximum Gasteiger partial charge on any atom is 0.242 e. The summed E-state index contributed by atoms with van der Waals surface area (Å²) < 4.78 is 5.87. The van der Waals surface area contributed by atoms with Gasteiger partial charge in [0.15, 0.2) is 0 Å². The van der Waals surface area contributed by atoms with Crippen LogP contribution in [0.4, 0.5) is 0 Å². The fraction of sp³-hybridized carbons (Fsp3) is 0.417. The zero-order valence-electron chi connectivity index (χ0n) is 9.83. The molecule has 1 aromatic carbocycles. The Morgan fingerprint density at radius 2 is 2.00 bits per heavy atom. The van der Waals surface area contributed by atoms with Gasteiger partial charge in [0, 0.05) is 5.56 Å². The van der Waals surface area contributed by atoms with E-state index in [1.54, 1.807) is 0 Å². The van der Waals surface area contributed by atoms with Gasteiger partial charge in [-0.25, -0.2) is 0 Å². The molecule has 0 saturated heterocycles. The lowest BCUT2D eigenvalue weighted by Crippen LogP contribution is -2.29. The van der Waals surface area contributed by atoms with Crippen molar-refractivity contribution in [3.8, 4) is 5.75 Å². The summed E-state index contributed by atoms with van der Waals surface area (Å²) in [6, 6.07) is 5.68. The molecule has 0 aliphatic rings. The van der Waals surface area contributed by atoms with E-state index >= 15 is 0 Å². The van der Waals surface area contributed by atoms with Gasteiger partial charge in [0.1, 0.15) is 12.0 Å². The fourth-order valence-electron chi connectivity index (χ4n) is 1.42. The molecule has 3 heteroatoms. The smallest absolute Gasteiger partial charge is 0.242 e. The lowest BCUT2D eigenvalue weighted by molar-refractivity contribution is 0.112.